The SMILES string of the molecule is CCC(CN)c1nccc(C(C)(C)C)n1. The van der Waals surface area contributed by atoms with Crippen LogP contribution < -0.4 is 5.73 Å². The molecule has 1 aromatic heterocycles. The van der Waals surface area contributed by atoms with E-state index in [0.29, 0.717) is 6.54 Å². The van der Waals surface area contributed by atoms with Gasteiger partial charge in [-0.3, -0.25) is 0 Å². The summed E-state index contributed by atoms with van der Waals surface area (Å²) in [6, 6.07) is 1.98. The number of aromatic nitrogens is 2. The molecule has 0 aromatic carbocycles. The van der Waals surface area contributed by atoms with Gasteiger partial charge in [-0.15, -0.1) is 0 Å². The minimum absolute atomic E-state index is 0.0740. The molecule has 1 unspecified atom stereocenters. The predicted octanol–water partition coefficient (Wildman–Crippen LogP) is 2.23. The van der Waals surface area contributed by atoms with Crippen LogP contribution in [-0.2, 0) is 5.41 Å². The molecule has 0 spiro atoms. The van der Waals surface area contributed by atoms with Crippen molar-refractivity contribution in [3.63, 3.8) is 0 Å². The highest BCUT2D eigenvalue weighted by atomic mass is 14.9. The molecule has 0 aliphatic heterocycles. The van der Waals surface area contributed by atoms with E-state index in [0.717, 1.165) is 17.9 Å². The van der Waals surface area contributed by atoms with E-state index in [1.807, 2.05) is 12.3 Å². The number of hydrogen-bond donors (Lipinski definition) is 1. The molecule has 3 heteroatoms. The Morgan fingerprint density at radius 3 is 2.53 bits per heavy atom. The van der Waals surface area contributed by atoms with E-state index in [-0.39, 0.29) is 11.3 Å². The van der Waals surface area contributed by atoms with E-state index in [9.17, 15) is 0 Å². The minimum Gasteiger partial charge on any atom is -0.330 e. The summed E-state index contributed by atoms with van der Waals surface area (Å²) in [5, 5.41) is 0. The average molecular weight is 207 g/mol. The fourth-order valence-electron chi connectivity index (χ4n) is 1.44. The van der Waals surface area contributed by atoms with Gasteiger partial charge in [0.1, 0.15) is 5.82 Å². The Hall–Kier alpha value is -0.960. The molecule has 0 saturated carbocycles. The van der Waals surface area contributed by atoms with Crippen molar-refractivity contribution < 1.29 is 0 Å². The molecular weight excluding hydrogens is 186 g/mol. The van der Waals surface area contributed by atoms with Crippen LogP contribution in [0.5, 0.6) is 0 Å². The van der Waals surface area contributed by atoms with Crippen LogP contribution in [0.2, 0.25) is 0 Å². The molecule has 15 heavy (non-hydrogen) atoms. The van der Waals surface area contributed by atoms with Crippen molar-refractivity contribution in [2.24, 2.45) is 5.73 Å². The number of nitrogens with two attached hydrogens (primary N) is 1. The van der Waals surface area contributed by atoms with E-state index >= 15 is 0 Å². The monoisotopic (exact) mass is 207 g/mol. The Labute approximate surface area is 92.1 Å². The molecule has 0 aliphatic carbocycles. The standard InChI is InChI=1S/C12H21N3/c1-5-9(8-13)11-14-7-6-10(15-11)12(2,3)4/h6-7,9H,5,8,13H2,1-4H3. The van der Waals surface area contributed by atoms with Crippen LogP contribution in [0, 0.1) is 0 Å². The summed E-state index contributed by atoms with van der Waals surface area (Å²) in [5.74, 6) is 1.17. The summed E-state index contributed by atoms with van der Waals surface area (Å²) in [7, 11) is 0. The van der Waals surface area contributed by atoms with Crippen LogP contribution in [0.1, 0.15) is 51.6 Å². The molecule has 0 aliphatic rings. The van der Waals surface area contributed by atoms with Crippen LogP contribution in [0.15, 0.2) is 12.3 Å². The smallest absolute Gasteiger partial charge is 0.132 e. The first-order chi connectivity index (χ1) is 6.99. The van der Waals surface area contributed by atoms with E-state index in [1.54, 1.807) is 0 Å². The molecule has 1 rings (SSSR count). The average Bonchev–Trinajstić information content (AvgIpc) is 2.19. The lowest BCUT2D eigenvalue weighted by atomic mass is 9.92. The molecule has 0 amide bonds. The van der Waals surface area contributed by atoms with Crippen molar-refractivity contribution in [1.29, 1.82) is 0 Å². The molecule has 2 N–H and O–H groups in total. The summed E-state index contributed by atoms with van der Waals surface area (Å²) in [6.45, 7) is 9.20. The maximum Gasteiger partial charge on any atom is 0.132 e. The molecule has 1 heterocycles. The van der Waals surface area contributed by atoms with Gasteiger partial charge in [-0.05, 0) is 12.5 Å². The first-order valence-corrected chi connectivity index (χ1v) is 5.52. The molecule has 84 valence electrons. The molecule has 1 aromatic rings. The lowest BCUT2D eigenvalue weighted by molar-refractivity contribution is 0.548. The largest absolute Gasteiger partial charge is 0.330 e. The minimum atomic E-state index is 0.0740. The van der Waals surface area contributed by atoms with Crippen LogP contribution >= 0.6 is 0 Å². The van der Waals surface area contributed by atoms with E-state index in [1.165, 1.54) is 0 Å². The first kappa shape index (κ1) is 12.1. The maximum atomic E-state index is 5.69. The van der Waals surface area contributed by atoms with Gasteiger partial charge in [0.15, 0.2) is 0 Å². The Morgan fingerprint density at radius 2 is 2.07 bits per heavy atom. The topological polar surface area (TPSA) is 51.8 Å². The van der Waals surface area contributed by atoms with Crippen molar-refractivity contribution >= 4 is 0 Å². The zero-order chi connectivity index (χ0) is 11.5. The van der Waals surface area contributed by atoms with Crippen LogP contribution in [-0.4, -0.2) is 16.5 Å². The molecule has 0 fully saturated rings. The second-order valence-electron chi connectivity index (χ2n) is 4.89. The zero-order valence-electron chi connectivity index (χ0n) is 10.1. The van der Waals surface area contributed by atoms with E-state index < -0.39 is 0 Å². The van der Waals surface area contributed by atoms with Gasteiger partial charge in [0, 0.05) is 29.8 Å². The van der Waals surface area contributed by atoms with Gasteiger partial charge in [0.2, 0.25) is 0 Å². The Morgan fingerprint density at radius 1 is 1.40 bits per heavy atom. The first-order valence-electron chi connectivity index (χ1n) is 5.52. The molecule has 0 radical (unpaired) electrons. The highest BCUT2D eigenvalue weighted by Crippen LogP contribution is 2.21. The van der Waals surface area contributed by atoms with E-state index in [2.05, 4.69) is 37.7 Å². The van der Waals surface area contributed by atoms with Crippen molar-refractivity contribution in [3.8, 4) is 0 Å². The second kappa shape index (κ2) is 4.71. The number of rotatable bonds is 3. The van der Waals surface area contributed by atoms with E-state index in [4.69, 9.17) is 5.73 Å². The summed E-state index contributed by atoms with van der Waals surface area (Å²) in [4.78, 5) is 8.90. The van der Waals surface area contributed by atoms with Gasteiger partial charge in [-0.1, -0.05) is 27.7 Å². The summed E-state index contributed by atoms with van der Waals surface area (Å²) in [6.07, 6.45) is 2.82. The predicted molar refractivity (Wildman–Crippen MR) is 62.8 cm³/mol. The second-order valence-corrected chi connectivity index (χ2v) is 4.89. The maximum absolute atomic E-state index is 5.69. The number of hydrogen-bond acceptors (Lipinski definition) is 3. The summed E-state index contributed by atoms with van der Waals surface area (Å²) >= 11 is 0. The summed E-state index contributed by atoms with van der Waals surface area (Å²) in [5.41, 5.74) is 6.85. The fraction of sp³-hybridized carbons (Fsp3) is 0.667. The van der Waals surface area contributed by atoms with Crippen LogP contribution in [0.25, 0.3) is 0 Å². The Kier molecular flexibility index (Phi) is 3.80. The molecule has 3 nitrogen and oxygen atoms in total. The lowest BCUT2D eigenvalue weighted by Gasteiger charge is -2.19. The highest BCUT2D eigenvalue weighted by Gasteiger charge is 2.18. The van der Waals surface area contributed by atoms with Gasteiger partial charge in [-0.2, -0.15) is 0 Å². The summed E-state index contributed by atoms with van der Waals surface area (Å²) < 4.78 is 0. The van der Waals surface area contributed by atoms with Gasteiger partial charge in [0.05, 0.1) is 0 Å². The van der Waals surface area contributed by atoms with Crippen molar-refractivity contribution in [3.05, 3.63) is 23.8 Å². The van der Waals surface area contributed by atoms with Crippen LogP contribution in [0.3, 0.4) is 0 Å². The third-order valence-electron chi connectivity index (χ3n) is 2.59. The van der Waals surface area contributed by atoms with Gasteiger partial charge >= 0.3 is 0 Å². The van der Waals surface area contributed by atoms with Gasteiger partial charge in [-0.25, -0.2) is 9.97 Å². The zero-order valence-corrected chi connectivity index (χ0v) is 10.1. The third-order valence-corrected chi connectivity index (χ3v) is 2.59. The fourth-order valence-corrected chi connectivity index (χ4v) is 1.44. The van der Waals surface area contributed by atoms with Gasteiger partial charge in [0.25, 0.3) is 0 Å². The Balaban J connectivity index is 3.02. The lowest BCUT2D eigenvalue weighted by Crippen LogP contribution is -2.19. The number of nitrogens with zero attached hydrogens (tertiary/aromatic N) is 2. The molecule has 1 atom stereocenters. The third kappa shape index (κ3) is 2.99. The highest BCUT2D eigenvalue weighted by molar-refractivity contribution is 5.13. The van der Waals surface area contributed by atoms with Gasteiger partial charge < -0.3 is 5.73 Å². The van der Waals surface area contributed by atoms with Crippen LogP contribution in [0.4, 0.5) is 0 Å². The van der Waals surface area contributed by atoms with Crippen molar-refractivity contribution in [1.82, 2.24) is 9.97 Å². The molecule has 0 saturated heterocycles. The normalized spacial score (nSPS) is 13.9. The van der Waals surface area contributed by atoms with Crippen molar-refractivity contribution in [2.45, 2.75) is 45.4 Å². The Bertz CT molecular complexity index is 311. The quantitative estimate of drug-likeness (QED) is 0.827. The molecular formula is C12H21N3. The molecule has 0 bridgehead atoms. The van der Waals surface area contributed by atoms with Crippen molar-refractivity contribution in [2.75, 3.05) is 6.54 Å².